The molecule has 0 spiro atoms. The van der Waals surface area contributed by atoms with E-state index in [1.54, 1.807) is 6.92 Å². The Bertz CT molecular complexity index is 185. The molecule has 3 heteroatoms. The molecule has 0 radical (unpaired) electrons. The summed E-state index contributed by atoms with van der Waals surface area (Å²) < 4.78 is 0. The second-order valence-corrected chi connectivity index (χ2v) is 3.89. The van der Waals surface area contributed by atoms with Crippen LogP contribution in [0.4, 0.5) is 0 Å². The molecular weight excluding hydrogens is 192 g/mol. The highest BCUT2D eigenvalue weighted by Gasteiger charge is 1.94. The molecule has 0 heterocycles. The Balaban J connectivity index is 3.14. The fourth-order valence-corrected chi connectivity index (χ4v) is 1.31. The Labute approximate surface area is 91.8 Å². The zero-order valence-electron chi connectivity index (χ0n) is 9.48. The van der Waals surface area contributed by atoms with Crippen LogP contribution in [-0.2, 0) is 4.79 Å². The van der Waals surface area contributed by atoms with Gasteiger partial charge in [0.25, 0.3) is 0 Å². The van der Waals surface area contributed by atoms with Gasteiger partial charge in [-0.2, -0.15) is 0 Å². The van der Waals surface area contributed by atoms with Gasteiger partial charge in [-0.15, -0.1) is 0 Å². The molecule has 15 heavy (non-hydrogen) atoms. The van der Waals surface area contributed by atoms with E-state index in [-0.39, 0.29) is 12.5 Å². The fraction of sp³-hybridized carbons (Fsp3) is 0.750. The van der Waals surface area contributed by atoms with Crippen LogP contribution in [0.3, 0.4) is 0 Å². The van der Waals surface area contributed by atoms with Gasteiger partial charge in [0, 0.05) is 6.42 Å². The number of unbranched alkanes of at least 4 members (excludes halogenated alkanes) is 3. The number of aliphatic carboxylic acids is 1. The first-order valence-electron chi connectivity index (χ1n) is 5.67. The summed E-state index contributed by atoms with van der Waals surface area (Å²) in [4.78, 5) is 10.2. The lowest BCUT2D eigenvalue weighted by Crippen LogP contribution is -1.97. The average Bonchev–Trinajstić information content (AvgIpc) is 2.14. The molecule has 0 amide bonds. The molecule has 0 saturated heterocycles. The molecule has 1 atom stereocenters. The van der Waals surface area contributed by atoms with E-state index in [9.17, 15) is 4.79 Å². The van der Waals surface area contributed by atoms with Gasteiger partial charge in [-0.3, -0.25) is 4.79 Å². The van der Waals surface area contributed by atoms with Crippen LogP contribution in [0.5, 0.6) is 0 Å². The van der Waals surface area contributed by atoms with Crippen LogP contribution in [0.25, 0.3) is 0 Å². The van der Waals surface area contributed by atoms with Gasteiger partial charge in [-0.1, -0.05) is 12.2 Å². The molecule has 0 aromatic carbocycles. The average molecular weight is 214 g/mol. The van der Waals surface area contributed by atoms with Crippen molar-refractivity contribution in [2.75, 3.05) is 0 Å². The van der Waals surface area contributed by atoms with Gasteiger partial charge in [0.05, 0.1) is 6.10 Å². The molecule has 0 fully saturated rings. The van der Waals surface area contributed by atoms with Crippen molar-refractivity contribution in [3.8, 4) is 0 Å². The maximum atomic E-state index is 10.2. The van der Waals surface area contributed by atoms with E-state index in [2.05, 4.69) is 12.2 Å². The van der Waals surface area contributed by atoms with E-state index in [1.165, 1.54) is 0 Å². The highest BCUT2D eigenvalue weighted by molar-refractivity contribution is 5.66. The number of hydrogen-bond acceptors (Lipinski definition) is 2. The standard InChI is InChI=1S/C12H22O3/c1-11(13)9-7-5-3-2-4-6-8-10-12(14)15/h2-3,11,13H,4-10H2,1H3,(H,14,15). The summed E-state index contributed by atoms with van der Waals surface area (Å²) in [6, 6.07) is 0. The third-order valence-electron chi connectivity index (χ3n) is 2.17. The largest absolute Gasteiger partial charge is 0.481 e. The second kappa shape index (κ2) is 9.71. The molecule has 0 aromatic heterocycles. The summed E-state index contributed by atoms with van der Waals surface area (Å²) in [6.07, 6.45) is 9.82. The Morgan fingerprint density at radius 2 is 1.80 bits per heavy atom. The van der Waals surface area contributed by atoms with E-state index >= 15 is 0 Å². The van der Waals surface area contributed by atoms with Gasteiger partial charge in [0.2, 0.25) is 0 Å². The van der Waals surface area contributed by atoms with Crippen LogP contribution >= 0.6 is 0 Å². The summed E-state index contributed by atoms with van der Waals surface area (Å²) in [5.74, 6) is -0.712. The Morgan fingerprint density at radius 3 is 2.33 bits per heavy atom. The first-order chi connectivity index (χ1) is 7.13. The highest BCUT2D eigenvalue weighted by atomic mass is 16.4. The van der Waals surface area contributed by atoms with Gasteiger partial charge in [0.1, 0.15) is 0 Å². The first kappa shape index (κ1) is 14.2. The third-order valence-corrected chi connectivity index (χ3v) is 2.17. The van der Waals surface area contributed by atoms with Gasteiger partial charge in [-0.05, 0) is 45.4 Å². The molecule has 0 bridgehead atoms. The number of aliphatic hydroxyl groups excluding tert-OH is 1. The number of allylic oxidation sites excluding steroid dienone is 2. The number of hydrogen-bond donors (Lipinski definition) is 2. The lowest BCUT2D eigenvalue weighted by Gasteiger charge is -2.00. The number of carbonyl (C=O) groups is 1. The van der Waals surface area contributed by atoms with Crippen molar-refractivity contribution in [2.45, 2.75) is 58.0 Å². The van der Waals surface area contributed by atoms with Crippen molar-refractivity contribution in [3.05, 3.63) is 12.2 Å². The lowest BCUT2D eigenvalue weighted by atomic mass is 10.1. The SMILES string of the molecule is CC(O)CCCC=CCCCCC(=O)O. The van der Waals surface area contributed by atoms with E-state index in [1.807, 2.05) is 0 Å². The number of carboxylic acids is 1. The maximum Gasteiger partial charge on any atom is 0.303 e. The van der Waals surface area contributed by atoms with E-state index in [0.29, 0.717) is 0 Å². The normalized spacial score (nSPS) is 13.2. The molecule has 0 aliphatic heterocycles. The first-order valence-corrected chi connectivity index (χ1v) is 5.67. The van der Waals surface area contributed by atoms with E-state index < -0.39 is 5.97 Å². The molecule has 0 aromatic rings. The number of carboxylic acid groups (broad SMARTS) is 1. The molecule has 0 rings (SSSR count). The van der Waals surface area contributed by atoms with Gasteiger partial charge >= 0.3 is 5.97 Å². The zero-order valence-corrected chi connectivity index (χ0v) is 9.48. The van der Waals surface area contributed by atoms with Crippen molar-refractivity contribution in [3.63, 3.8) is 0 Å². The van der Waals surface area contributed by atoms with Crippen LogP contribution in [-0.4, -0.2) is 22.3 Å². The van der Waals surface area contributed by atoms with Crippen molar-refractivity contribution in [2.24, 2.45) is 0 Å². The smallest absolute Gasteiger partial charge is 0.303 e. The third kappa shape index (κ3) is 13.2. The Hall–Kier alpha value is -0.830. The Morgan fingerprint density at radius 1 is 1.20 bits per heavy atom. The predicted molar refractivity (Wildman–Crippen MR) is 60.8 cm³/mol. The molecule has 88 valence electrons. The maximum absolute atomic E-state index is 10.2. The van der Waals surface area contributed by atoms with Crippen LogP contribution in [0.2, 0.25) is 0 Å². The Kier molecular flexibility index (Phi) is 9.18. The van der Waals surface area contributed by atoms with Crippen molar-refractivity contribution in [1.82, 2.24) is 0 Å². The van der Waals surface area contributed by atoms with Crippen LogP contribution in [0.15, 0.2) is 12.2 Å². The molecule has 2 N–H and O–H groups in total. The van der Waals surface area contributed by atoms with Crippen LogP contribution in [0.1, 0.15) is 51.9 Å². The van der Waals surface area contributed by atoms with Crippen molar-refractivity contribution >= 4 is 5.97 Å². The minimum absolute atomic E-state index is 0.200. The van der Waals surface area contributed by atoms with Crippen molar-refractivity contribution in [1.29, 1.82) is 0 Å². The molecule has 1 unspecified atom stereocenters. The predicted octanol–water partition coefficient (Wildman–Crippen LogP) is 2.74. The lowest BCUT2D eigenvalue weighted by molar-refractivity contribution is -0.137. The van der Waals surface area contributed by atoms with Crippen LogP contribution in [0, 0.1) is 0 Å². The van der Waals surface area contributed by atoms with E-state index in [4.69, 9.17) is 10.2 Å². The van der Waals surface area contributed by atoms with Gasteiger partial charge in [0.15, 0.2) is 0 Å². The minimum atomic E-state index is -0.712. The quantitative estimate of drug-likeness (QED) is 0.458. The number of aliphatic hydroxyl groups is 1. The van der Waals surface area contributed by atoms with Gasteiger partial charge < -0.3 is 10.2 Å². The molecule has 0 aliphatic carbocycles. The monoisotopic (exact) mass is 214 g/mol. The fourth-order valence-electron chi connectivity index (χ4n) is 1.31. The summed E-state index contributed by atoms with van der Waals surface area (Å²) in [7, 11) is 0. The summed E-state index contributed by atoms with van der Waals surface area (Å²) in [5.41, 5.74) is 0. The molecule has 0 aliphatic rings. The van der Waals surface area contributed by atoms with Crippen LogP contribution < -0.4 is 0 Å². The molecule has 0 saturated carbocycles. The number of rotatable bonds is 9. The summed E-state index contributed by atoms with van der Waals surface area (Å²) in [6.45, 7) is 1.80. The summed E-state index contributed by atoms with van der Waals surface area (Å²) >= 11 is 0. The summed E-state index contributed by atoms with van der Waals surface area (Å²) in [5, 5.41) is 17.4. The highest BCUT2D eigenvalue weighted by Crippen LogP contribution is 2.04. The zero-order chi connectivity index (χ0) is 11.5. The molecular formula is C12H22O3. The topological polar surface area (TPSA) is 57.5 Å². The van der Waals surface area contributed by atoms with Crippen molar-refractivity contribution < 1.29 is 15.0 Å². The van der Waals surface area contributed by atoms with Gasteiger partial charge in [-0.25, -0.2) is 0 Å². The van der Waals surface area contributed by atoms with E-state index in [0.717, 1.165) is 38.5 Å². The minimum Gasteiger partial charge on any atom is -0.481 e. The second-order valence-electron chi connectivity index (χ2n) is 3.89. The molecule has 3 nitrogen and oxygen atoms in total.